The zero-order chi connectivity index (χ0) is 17.5. The van der Waals surface area contributed by atoms with Crippen LogP contribution >= 0.6 is 0 Å². The molecule has 0 bridgehead atoms. The van der Waals surface area contributed by atoms with Crippen molar-refractivity contribution in [2.24, 2.45) is 0 Å². The van der Waals surface area contributed by atoms with Gasteiger partial charge in [0.25, 0.3) is 5.69 Å². The van der Waals surface area contributed by atoms with Gasteiger partial charge in [-0.3, -0.25) is 14.9 Å². The molecule has 0 fully saturated rings. The summed E-state index contributed by atoms with van der Waals surface area (Å²) in [5, 5.41) is 14.9. The number of rotatable bonds is 8. The Kier molecular flexibility index (Phi) is 5.56. The molecule has 1 aromatic carbocycles. The molecular formula is C16H17N5O3. The fourth-order valence-corrected chi connectivity index (χ4v) is 2.06. The van der Waals surface area contributed by atoms with Crippen LogP contribution in [0.5, 0.6) is 0 Å². The zero-order valence-electron chi connectivity index (χ0n) is 13.0. The van der Waals surface area contributed by atoms with Crippen molar-refractivity contribution in [3.05, 3.63) is 66.0 Å². The van der Waals surface area contributed by atoms with Gasteiger partial charge in [-0.15, -0.1) is 13.2 Å². The highest BCUT2D eigenvalue weighted by Gasteiger charge is 2.13. The van der Waals surface area contributed by atoms with Gasteiger partial charge in [-0.1, -0.05) is 12.2 Å². The maximum atomic E-state index is 12.2. The standard InChI is InChI=1S/C16H17N5O3/c1-3-9-19(10-4-2)15(22)11-20-12-17-16(18-20)13-5-7-14(8-6-13)21(23)24/h3-8,12H,1-2,9-11H2. The minimum absolute atomic E-state index is 0.00199. The summed E-state index contributed by atoms with van der Waals surface area (Å²) in [5.74, 6) is 0.270. The first kappa shape index (κ1) is 17.1. The van der Waals surface area contributed by atoms with E-state index in [1.807, 2.05) is 0 Å². The second-order valence-corrected chi connectivity index (χ2v) is 4.95. The van der Waals surface area contributed by atoms with Gasteiger partial charge in [0.2, 0.25) is 5.91 Å². The molecule has 1 aromatic heterocycles. The van der Waals surface area contributed by atoms with E-state index in [0.29, 0.717) is 24.5 Å². The van der Waals surface area contributed by atoms with Crippen molar-refractivity contribution in [3.63, 3.8) is 0 Å². The minimum atomic E-state index is -0.470. The van der Waals surface area contributed by atoms with Crippen LogP contribution in [0.3, 0.4) is 0 Å². The maximum absolute atomic E-state index is 12.2. The molecule has 2 rings (SSSR count). The molecule has 0 spiro atoms. The highest BCUT2D eigenvalue weighted by molar-refractivity contribution is 5.76. The maximum Gasteiger partial charge on any atom is 0.269 e. The molecule has 8 heteroatoms. The van der Waals surface area contributed by atoms with Gasteiger partial charge in [-0.2, -0.15) is 5.10 Å². The Hall–Kier alpha value is -3.29. The van der Waals surface area contributed by atoms with E-state index in [2.05, 4.69) is 23.2 Å². The lowest BCUT2D eigenvalue weighted by atomic mass is 10.2. The van der Waals surface area contributed by atoms with E-state index >= 15 is 0 Å². The summed E-state index contributed by atoms with van der Waals surface area (Å²) in [6, 6.07) is 5.91. The van der Waals surface area contributed by atoms with Crippen LogP contribution in [0.15, 0.2) is 55.9 Å². The topological polar surface area (TPSA) is 94.2 Å². The summed E-state index contributed by atoms with van der Waals surface area (Å²) in [4.78, 5) is 28.1. The van der Waals surface area contributed by atoms with Gasteiger partial charge >= 0.3 is 0 Å². The van der Waals surface area contributed by atoms with Crippen LogP contribution in [-0.2, 0) is 11.3 Å². The summed E-state index contributed by atoms with van der Waals surface area (Å²) < 4.78 is 1.43. The number of carbonyl (C=O) groups is 1. The Morgan fingerprint density at radius 2 is 1.88 bits per heavy atom. The van der Waals surface area contributed by atoms with E-state index < -0.39 is 4.92 Å². The zero-order valence-corrected chi connectivity index (χ0v) is 13.0. The Labute approximate surface area is 138 Å². The minimum Gasteiger partial charge on any atom is -0.334 e. The average molecular weight is 327 g/mol. The highest BCUT2D eigenvalue weighted by Crippen LogP contribution is 2.18. The number of nitro groups is 1. The van der Waals surface area contributed by atoms with Crippen molar-refractivity contribution >= 4 is 11.6 Å². The first-order valence-corrected chi connectivity index (χ1v) is 7.19. The van der Waals surface area contributed by atoms with Gasteiger partial charge in [-0.05, 0) is 12.1 Å². The van der Waals surface area contributed by atoms with Gasteiger partial charge in [0.05, 0.1) is 4.92 Å². The predicted octanol–water partition coefficient (Wildman–Crippen LogP) is 2.05. The normalized spacial score (nSPS) is 10.2. The summed E-state index contributed by atoms with van der Waals surface area (Å²) in [6.45, 7) is 8.14. The predicted molar refractivity (Wildman–Crippen MR) is 89.1 cm³/mol. The molecule has 2 aromatic rings. The summed E-state index contributed by atoms with van der Waals surface area (Å²) in [5.41, 5.74) is 0.638. The van der Waals surface area contributed by atoms with E-state index in [-0.39, 0.29) is 18.1 Å². The first-order chi connectivity index (χ1) is 11.5. The molecule has 0 aliphatic carbocycles. The second kappa shape index (κ2) is 7.82. The SMILES string of the molecule is C=CCN(CC=C)C(=O)Cn1cnc(-c2ccc([N+](=O)[O-])cc2)n1. The van der Waals surface area contributed by atoms with Crippen LogP contribution in [0.25, 0.3) is 11.4 Å². The molecule has 0 radical (unpaired) electrons. The van der Waals surface area contributed by atoms with Crippen LogP contribution in [0.1, 0.15) is 0 Å². The van der Waals surface area contributed by atoms with Crippen LogP contribution in [0, 0.1) is 10.1 Å². The fraction of sp³-hybridized carbons (Fsp3) is 0.188. The van der Waals surface area contributed by atoms with Crippen molar-refractivity contribution in [3.8, 4) is 11.4 Å². The van der Waals surface area contributed by atoms with E-state index in [1.165, 1.54) is 23.1 Å². The lowest BCUT2D eigenvalue weighted by Crippen LogP contribution is -2.34. The number of amides is 1. The van der Waals surface area contributed by atoms with E-state index in [0.717, 1.165) is 0 Å². The van der Waals surface area contributed by atoms with Crippen molar-refractivity contribution in [2.75, 3.05) is 13.1 Å². The molecule has 1 heterocycles. The molecular weight excluding hydrogens is 310 g/mol. The quantitative estimate of drug-likeness (QED) is 0.420. The Bertz CT molecular complexity index is 741. The van der Waals surface area contributed by atoms with Crippen LogP contribution in [-0.4, -0.2) is 43.6 Å². The summed E-state index contributed by atoms with van der Waals surface area (Å²) in [6.07, 6.45) is 4.74. The number of benzene rings is 1. The van der Waals surface area contributed by atoms with Crippen molar-refractivity contribution in [2.45, 2.75) is 6.54 Å². The number of nitrogens with zero attached hydrogens (tertiary/aromatic N) is 5. The van der Waals surface area contributed by atoms with Crippen molar-refractivity contribution < 1.29 is 9.72 Å². The summed E-state index contributed by atoms with van der Waals surface area (Å²) >= 11 is 0. The van der Waals surface area contributed by atoms with Crippen LogP contribution in [0.4, 0.5) is 5.69 Å². The molecule has 124 valence electrons. The van der Waals surface area contributed by atoms with Gasteiger partial charge in [0, 0.05) is 30.8 Å². The Morgan fingerprint density at radius 3 is 2.42 bits per heavy atom. The number of carbonyl (C=O) groups excluding carboxylic acids is 1. The third-order valence-corrected chi connectivity index (χ3v) is 3.22. The fourth-order valence-electron chi connectivity index (χ4n) is 2.06. The van der Waals surface area contributed by atoms with Gasteiger partial charge in [-0.25, -0.2) is 9.67 Å². The number of hydrogen-bond donors (Lipinski definition) is 0. The lowest BCUT2D eigenvalue weighted by molar-refractivity contribution is -0.384. The van der Waals surface area contributed by atoms with Crippen molar-refractivity contribution in [1.29, 1.82) is 0 Å². The highest BCUT2D eigenvalue weighted by atomic mass is 16.6. The van der Waals surface area contributed by atoms with E-state index in [4.69, 9.17) is 0 Å². The van der Waals surface area contributed by atoms with Gasteiger partial charge in [0.1, 0.15) is 12.9 Å². The van der Waals surface area contributed by atoms with Gasteiger partial charge < -0.3 is 4.90 Å². The number of nitro benzene ring substituents is 1. The molecule has 8 nitrogen and oxygen atoms in total. The van der Waals surface area contributed by atoms with Crippen LogP contribution in [0.2, 0.25) is 0 Å². The molecule has 0 atom stereocenters. The molecule has 0 N–H and O–H groups in total. The third kappa shape index (κ3) is 4.13. The average Bonchev–Trinajstić information content (AvgIpc) is 3.03. The smallest absolute Gasteiger partial charge is 0.269 e. The first-order valence-electron chi connectivity index (χ1n) is 7.19. The molecule has 0 aliphatic rings. The summed E-state index contributed by atoms with van der Waals surface area (Å²) in [7, 11) is 0. The molecule has 0 aliphatic heterocycles. The third-order valence-electron chi connectivity index (χ3n) is 3.22. The number of non-ortho nitro benzene ring substituents is 1. The monoisotopic (exact) mass is 327 g/mol. The Balaban J connectivity index is 2.09. The second-order valence-electron chi connectivity index (χ2n) is 4.95. The lowest BCUT2D eigenvalue weighted by Gasteiger charge is -2.18. The Morgan fingerprint density at radius 1 is 1.25 bits per heavy atom. The number of aromatic nitrogens is 3. The van der Waals surface area contributed by atoms with Gasteiger partial charge in [0.15, 0.2) is 5.82 Å². The van der Waals surface area contributed by atoms with E-state index in [9.17, 15) is 14.9 Å². The molecule has 1 amide bonds. The van der Waals surface area contributed by atoms with E-state index in [1.54, 1.807) is 29.2 Å². The largest absolute Gasteiger partial charge is 0.334 e. The van der Waals surface area contributed by atoms with Crippen LogP contribution < -0.4 is 0 Å². The molecule has 24 heavy (non-hydrogen) atoms. The van der Waals surface area contributed by atoms with Crippen molar-refractivity contribution in [1.82, 2.24) is 19.7 Å². The number of hydrogen-bond acceptors (Lipinski definition) is 5. The molecule has 0 saturated heterocycles. The molecule has 0 unspecified atom stereocenters. The molecule has 0 saturated carbocycles.